The Morgan fingerprint density at radius 3 is 2.90 bits per heavy atom. The Morgan fingerprint density at radius 1 is 1.19 bits per heavy atom. The fourth-order valence-corrected chi connectivity index (χ4v) is 4.73. The summed E-state index contributed by atoms with van der Waals surface area (Å²) >= 11 is 5.32. The largest absolute Gasteiger partial charge is 0.389 e. The van der Waals surface area contributed by atoms with E-state index in [4.69, 9.17) is 22.9 Å². The first-order valence-corrected chi connectivity index (χ1v) is 8.74. The zero-order valence-electron chi connectivity index (χ0n) is 12.5. The van der Waals surface area contributed by atoms with E-state index in [1.807, 2.05) is 0 Å². The number of nitrogens with zero attached hydrogens (tertiary/aromatic N) is 2. The second-order valence-corrected chi connectivity index (χ2v) is 7.22. The Bertz CT molecular complexity index is 584. The van der Waals surface area contributed by atoms with Crippen LogP contribution < -0.4 is 10.6 Å². The van der Waals surface area contributed by atoms with Gasteiger partial charge in [0, 0.05) is 18.3 Å². The number of rotatable bonds is 2. The van der Waals surface area contributed by atoms with E-state index in [1.165, 1.54) is 49.8 Å². The van der Waals surface area contributed by atoms with Gasteiger partial charge in [-0.3, -0.25) is 0 Å². The van der Waals surface area contributed by atoms with Crippen LogP contribution in [0.5, 0.6) is 0 Å². The van der Waals surface area contributed by atoms with Crippen molar-refractivity contribution in [3.8, 4) is 0 Å². The second kappa shape index (κ2) is 5.24. The molecule has 3 nitrogen and oxygen atoms in total. The second-order valence-electron chi connectivity index (χ2n) is 6.78. The van der Waals surface area contributed by atoms with Gasteiger partial charge in [-0.05, 0) is 62.5 Å². The van der Waals surface area contributed by atoms with Crippen LogP contribution in [0.3, 0.4) is 0 Å². The molecule has 1 saturated carbocycles. The van der Waals surface area contributed by atoms with Crippen molar-refractivity contribution in [1.82, 2.24) is 4.98 Å². The lowest BCUT2D eigenvalue weighted by Gasteiger charge is -2.39. The topological polar surface area (TPSA) is 42.1 Å². The molecule has 2 N–H and O–H groups in total. The molecule has 4 rings (SSSR count). The van der Waals surface area contributed by atoms with E-state index < -0.39 is 0 Å². The lowest BCUT2D eigenvalue weighted by molar-refractivity contribution is 0.360. The predicted octanol–water partition coefficient (Wildman–Crippen LogP) is 2.97. The summed E-state index contributed by atoms with van der Waals surface area (Å²) < 4.78 is 0. The normalized spacial score (nSPS) is 27.5. The average molecular weight is 301 g/mol. The van der Waals surface area contributed by atoms with Crippen molar-refractivity contribution in [1.29, 1.82) is 0 Å². The molecule has 1 aliphatic heterocycles. The van der Waals surface area contributed by atoms with E-state index in [2.05, 4.69) is 11.0 Å². The van der Waals surface area contributed by atoms with E-state index in [1.54, 1.807) is 0 Å². The molecule has 0 spiro atoms. The fourth-order valence-electron chi connectivity index (χ4n) is 4.58. The lowest BCUT2D eigenvalue weighted by atomic mass is 9.91. The minimum absolute atomic E-state index is 0.507. The van der Waals surface area contributed by atoms with Crippen LogP contribution in [0.1, 0.15) is 55.3 Å². The number of aromatic nitrogens is 1. The first-order valence-electron chi connectivity index (χ1n) is 8.33. The summed E-state index contributed by atoms with van der Waals surface area (Å²) in [5.74, 6) is 1.94. The highest BCUT2D eigenvalue weighted by atomic mass is 32.1. The fraction of sp³-hybridized carbons (Fsp3) is 0.647. The van der Waals surface area contributed by atoms with E-state index >= 15 is 0 Å². The van der Waals surface area contributed by atoms with Crippen molar-refractivity contribution in [2.24, 2.45) is 11.7 Å². The van der Waals surface area contributed by atoms with Crippen LogP contribution >= 0.6 is 12.2 Å². The third kappa shape index (κ3) is 2.24. The van der Waals surface area contributed by atoms with Crippen LogP contribution in [0.15, 0.2) is 6.07 Å². The number of piperidine rings is 1. The number of nitrogens with two attached hydrogens (primary N) is 1. The molecule has 2 fully saturated rings. The summed E-state index contributed by atoms with van der Waals surface area (Å²) in [6, 6.07) is 2.89. The van der Waals surface area contributed by atoms with Gasteiger partial charge in [-0.2, -0.15) is 0 Å². The van der Waals surface area contributed by atoms with Gasteiger partial charge < -0.3 is 10.6 Å². The number of fused-ring (bicyclic) bond motifs is 2. The molecule has 0 bridgehead atoms. The Morgan fingerprint density at radius 2 is 2.05 bits per heavy atom. The van der Waals surface area contributed by atoms with Gasteiger partial charge in [-0.25, -0.2) is 4.98 Å². The standard InChI is InChI=1S/C17H23N3S/c18-16(21)13-10-12-5-1-7-14(12)19-17(13)20-9-3-6-11-4-2-8-15(11)20/h10-11,15H,1-9H2,(H2,18,21). The van der Waals surface area contributed by atoms with Crippen LogP contribution in [0, 0.1) is 5.92 Å². The van der Waals surface area contributed by atoms with Crippen LogP contribution in [0.4, 0.5) is 5.82 Å². The Labute approximate surface area is 131 Å². The Hall–Kier alpha value is -1.16. The van der Waals surface area contributed by atoms with Crippen molar-refractivity contribution < 1.29 is 0 Å². The summed E-state index contributed by atoms with van der Waals surface area (Å²) in [7, 11) is 0. The van der Waals surface area contributed by atoms with Crippen LogP contribution in [0.25, 0.3) is 0 Å². The van der Waals surface area contributed by atoms with Gasteiger partial charge in [0.25, 0.3) is 0 Å². The van der Waals surface area contributed by atoms with Gasteiger partial charge in [0.1, 0.15) is 10.8 Å². The molecule has 2 unspecified atom stereocenters. The predicted molar refractivity (Wildman–Crippen MR) is 89.9 cm³/mol. The number of hydrogen-bond donors (Lipinski definition) is 1. The van der Waals surface area contributed by atoms with Gasteiger partial charge in [0.15, 0.2) is 0 Å². The highest BCUT2D eigenvalue weighted by molar-refractivity contribution is 7.80. The number of aryl methyl sites for hydroxylation is 2. The molecule has 112 valence electrons. The third-order valence-corrected chi connectivity index (χ3v) is 5.78. The summed E-state index contributed by atoms with van der Waals surface area (Å²) in [6.45, 7) is 1.11. The molecule has 2 heterocycles. The van der Waals surface area contributed by atoms with E-state index in [0.29, 0.717) is 11.0 Å². The van der Waals surface area contributed by atoms with E-state index in [0.717, 1.165) is 36.7 Å². The average Bonchev–Trinajstić information content (AvgIpc) is 3.13. The zero-order valence-corrected chi connectivity index (χ0v) is 13.3. The summed E-state index contributed by atoms with van der Waals surface area (Å²) in [5.41, 5.74) is 9.67. The summed E-state index contributed by atoms with van der Waals surface area (Å²) in [5, 5.41) is 0. The Kier molecular flexibility index (Phi) is 3.37. The molecule has 2 atom stereocenters. The minimum atomic E-state index is 0.507. The van der Waals surface area contributed by atoms with Gasteiger partial charge in [-0.1, -0.05) is 18.6 Å². The molecular weight excluding hydrogens is 278 g/mol. The zero-order chi connectivity index (χ0) is 14.4. The van der Waals surface area contributed by atoms with Crippen LogP contribution in [-0.2, 0) is 12.8 Å². The highest BCUT2D eigenvalue weighted by Crippen LogP contribution is 2.40. The van der Waals surface area contributed by atoms with Crippen molar-refractivity contribution in [2.45, 2.75) is 57.4 Å². The van der Waals surface area contributed by atoms with Crippen LogP contribution in [0.2, 0.25) is 0 Å². The minimum Gasteiger partial charge on any atom is -0.389 e. The molecule has 1 saturated heterocycles. The van der Waals surface area contributed by atoms with Crippen LogP contribution in [-0.4, -0.2) is 22.6 Å². The first kappa shape index (κ1) is 13.5. The highest BCUT2D eigenvalue weighted by Gasteiger charge is 2.37. The van der Waals surface area contributed by atoms with Crippen molar-refractivity contribution in [2.75, 3.05) is 11.4 Å². The molecule has 3 aliphatic rings. The van der Waals surface area contributed by atoms with Gasteiger partial charge >= 0.3 is 0 Å². The van der Waals surface area contributed by atoms with Crippen molar-refractivity contribution >= 4 is 23.0 Å². The van der Waals surface area contributed by atoms with Gasteiger partial charge in [0.05, 0.1) is 5.56 Å². The smallest absolute Gasteiger partial charge is 0.139 e. The SMILES string of the molecule is NC(=S)c1cc2c(nc1N1CCCC3CCCC31)CCC2. The Balaban J connectivity index is 1.77. The molecule has 0 amide bonds. The monoisotopic (exact) mass is 301 g/mol. The summed E-state index contributed by atoms with van der Waals surface area (Å²) in [6.07, 6.45) is 10.2. The molecule has 1 aromatic heterocycles. The van der Waals surface area contributed by atoms with E-state index in [9.17, 15) is 0 Å². The molecule has 0 aromatic carbocycles. The number of anilines is 1. The maximum atomic E-state index is 6.02. The molecule has 4 heteroatoms. The molecule has 2 aliphatic carbocycles. The molecule has 1 aromatic rings. The molecule has 0 radical (unpaired) electrons. The molecular formula is C17H23N3S. The lowest BCUT2D eigenvalue weighted by Crippen LogP contribution is -2.44. The third-order valence-electron chi connectivity index (χ3n) is 5.56. The number of hydrogen-bond acceptors (Lipinski definition) is 3. The number of thiocarbonyl (C=S) groups is 1. The molecule has 21 heavy (non-hydrogen) atoms. The van der Waals surface area contributed by atoms with Crippen molar-refractivity contribution in [3.05, 3.63) is 22.9 Å². The van der Waals surface area contributed by atoms with Gasteiger partial charge in [-0.15, -0.1) is 0 Å². The van der Waals surface area contributed by atoms with Crippen molar-refractivity contribution in [3.63, 3.8) is 0 Å². The van der Waals surface area contributed by atoms with E-state index in [-0.39, 0.29) is 0 Å². The maximum Gasteiger partial charge on any atom is 0.139 e. The number of pyridine rings is 1. The summed E-state index contributed by atoms with van der Waals surface area (Å²) in [4.78, 5) is 8.06. The quantitative estimate of drug-likeness (QED) is 0.853. The first-order chi connectivity index (χ1) is 10.2. The maximum absolute atomic E-state index is 6.02. The van der Waals surface area contributed by atoms with Gasteiger partial charge in [0.2, 0.25) is 0 Å².